The third-order valence-electron chi connectivity index (χ3n) is 9.37. The number of aromatic amines is 1. The molecule has 2 saturated heterocycles. The molecule has 0 bridgehead atoms. The highest BCUT2D eigenvalue weighted by atomic mass is 16.6. The van der Waals surface area contributed by atoms with Crippen molar-refractivity contribution in [3.8, 4) is 11.5 Å². The van der Waals surface area contributed by atoms with Gasteiger partial charge < -0.3 is 38.9 Å². The van der Waals surface area contributed by atoms with Crippen molar-refractivity contribution >= 4 is 5.97 Å². The molecule has 2 N–H and O–H groups in total. The van der Waals surface area contributed by atoms with Crippen molar-refractivity contribution in [1.29, 1.82) is 0 Å². The number of H-pyrrole nitrogens is 1. The van der Waals surface area contributed by atoms with Crippen molar-refractivity contribution in [2.75, 3.05) is 59.6 Å². The molecule has 3 aromatic rings. The number of likely N-dealkylation sites (tertiary alicyclic amines) is 2. The van der Waals surface area contributed by atoms with Gasteiger partial charge in [-0.3, -0.25) is 0 Å². The number of imidazole rings is 2. The molecule has 0 saturated carbocycles. The van der Waals surface area contributed by atoms with Gasteiger partial charge in [-0.1, -0.05) is 19.9 Å². The monoisotopic (exact) mass is 635 g/mol. The molecule has 46 heavy (non-hydrogen) atoms. The Morgan fingerprint density at radius 3 is 2.59 bits per heavy atom. The smallest absolute Gasteiger partial charge is 0.344 e. The molecule has 252 valence electrons. The molecule has 2 aliphatic heterocycles. The molecule has 5 rings (SSSR count). The summed E-state index contributed by atoms with van der Waals surface area (Å²) in [6.45, 7) is 15.4. The second-order valence-corrected chi connectivity index (χ2v) is 13.3. The molecule has 1 spiro atoms. The molecule has 11 heteroatoms. The summed E-state index contributed by atoms with van der Waals surface area (Å²) in [6.07, 6.45) is 13.4. The van der Waals surface area contributed by atoms with Crippen LogP contribution in [0.4, 0.5) is 0 Å². The average Bonchev–Trinajstić information content (AvgIpc) is 3.82. The summed E-state index contributed by atoms with van der Waals surface area (Å²) >= 11 is 0. The largest absolute Gasteiger partial charge is 0.493 e. The molecule has 1 atom stereocenters. The number of hydrogen-bond acceptors (Lipinski definition) is 9. The maximum Gasteiger partial charge on any atom is 0.344 e. The van der Waals surface area contributed by atoms with Crippen LogP contribution < -0.4 is 14.8 Å². The van der Waals surface area contributed by atoms with E-state index in [4.69, 9.17) is 19.2 Å². The Labute approximate surface area is 274 Å². The number of hydrogen-bond donors (Lipinski definition) is 2. The highest BCUT2D eigenvalue weighted by Gasteiger charge is 2.40. The van der Waals surface area contributed by atoms with Crippen LogP contribution in [0.5, 0.6) is 11.5 Å². The van der Waals surface area contributed by atoms with Crippen molar-refractivity contribution in [2.24, 2.45) is 11.3 Å². The Morgan fingerprint density at radius 1 is 1.07 bits per heavy atom. The number of aryl methyl sites for hydroxylation is 1. The average molecular weight is 636 g/mol. The summed E-state index contributed by atoms with van der Waals surface area (Å²) in [5, 5.41) is 3.71. The SMILES string of the molecule is CCOC(=O)COc1cc(CNC(Cc2ncc[nH]2)c2nccn2CCCN2CCC3(CCN(CC(C)C)CC3)C2)ccc1OC. The van der Waals surface area contributed by atoms with Crippen LogP contribution in [0, 0.1) is 11.3 Å². The fourth-order valence-corrected chi connectivity index (χ4v) is 7.02. The predicted molar refractivity (Wildman–Crippen MR) is 178 cm³/mol. The highest BCUT2D eigenvalue weighted by Crippen LogP contribution is 2.40. The zero-order chi connectivity index (χ0) is 32.4. The lowest BCUT2D eigenvalue weighted by molar-refractivity contribution is -0.145. The molecule has 2 fully saturated rings. The zero-order valence-corrected chi connectivity index (χ0v) is 28.2. The third-order valence-corrected chi connectivity index (χ3v) is 9.37. The Hall–Kier alpha value is -3.41. The van der Waals surface area contributed by atoms with E-state index in [0.717, 1.165) is 42.6 Å². The zero-order valence-electron chi connectivity index (χ0n) is 28.2. The first-order valence-corrected chi connectivity index (χ1v) is 17.0. The number of piperidine rings is 1. The summed E-state index contributed by atoms with van der Waals surface area (Å²) in [6, 6.07) is 5.70. The van der Waals surface area contributed by atoms with Crippen molar-refractivity contribution in [3.05, 3.63) is 60.2 Å². The van der Waals surface area contributed by atoms with Gasteiger partial charge in [-0.05, 0) is 87.8 Å². The molecule has 11 nitrogen and oxygen atoms in total. The number of carbonyl (C=O) groups is 1. The van der Waals surface area contributed by atoms with E-state index >= 15 is 0 Å². The quantitative estimate of drug-likeness (QED) is 0.208. The number of nitrogens with zero attached hydrogens (tertiary/aromatic N) is 5. The lowest BCUT2D eigenvalue weighted by atomic mass is 9.77. The number of benzene rings is 1. The Bertz CT molecular complexity index is 1350. The van der Waals surface area contributed by atoms with Gasteiger partial charge in [0.1, 0.15) is 11.6 Å². The van der Waals surface area contributed by atoms with E-state index in [1.165, 1.54) is 52.0 Å². The molecule has 0 radical (unpaired) electrons. The van der Waals surface area contributed by atoms with E-state index in [9.17, 15) is 4.79 Å². The first-order chi connectivity index (χ1) is 22.4. The van der Waals surface area contributed by atoms with Crippen LogP contribution in [0.15, 0.2) is 43.0 Å². The second kappa shape index (κ2) is 16.4. The molecular formula is C35H53N7O4. The van der Waals surface area contributed by atoms with Crippen LogP contribution in [-0.4, -0.2) is 94.9 Å². The number of ether oxygens (including phenoxy) is 3. The molecular weight excluding hydrogens is 582 g/mol. The normalized spacial score (nSPS) is 17.5. The minimum Gasteiger partial charge on any atom is -0.493 e. The summed E-state index contributed by atoms with van der Waals surface area (Å²) < 4.78 is 18.5. The number of nitrogens with one attached hydrogen (secondary N) is 2. The second-order valence-electron chi connectivity index (χ2n) is 13.3. The van der Waals surface area contributed by atoms with Gasteiger partial charge >= 0.3 is 5.97 Å². The molecule has 2 aromatic heterocycles. The van der Waals surface area contributed by atoms with Crippen molar-refractivity contribution < 1.29 is 19.0 Å². The molecule has 0 aliphatic carbocycles. The minimum atomic E-state index is -0.412. The first kappa shape index (κ1) is 33.9. The standard InChI is InChI=1S/C35H53N7O4/c1-5-45-33(43)25-46-31-21-28(7-8-30(31)44-4)23-39-29(22-32-36-12-13-37-32)34-38-14-20-42(34)16-6-15-41-19-11-35(26-41)9-17-40(18-10-35)24-27(2)3/h7-8,12-14,20-21,27,29,39H,5-6,9-11,15-19,22-26H2,1-4H3,(H,36,37). The van der Waals surface area contributed by atoms with Crippen LogP contribution in [0.25, 0.3) is 0 Å². The summed E-state index contributed by atoms with van der Waals surface area (Å²) in [5.41, 5.74) is 1.52. The van der Waals surface area contributed by atoms with Crippen LogP contribution >= 0.6 is 0 Å². The molecule has 1 aromatic carbocycles. The van der Waals surface area contributed by atoms with Crippen molar-refractivity contribution in [3.63, 3.8) is 0 Å². The van der Waals surface area contributed by atoms with Gasteiger partial charge in [0, 0.05) is 57.4 Å². The van der Waals surface area contributed by atoms with E-state index in [0.29, 0.717) is 36.5 Å². The summed E-state index contributed by atoms with van der Waals surface area (Å²) in [4.78, 5) is 29.8. The maximum atomic E-state index is 11.9. The fraction of sp³-hybridized carbons (Fsp3) is 0.629. The lowest BCUT2D eigenvalue weighted by Gasteiger charge is -2.40. The van der Waals surface area contributed by atoms with Gasteiger partial charge in [-0.25, -0.2) is 14.8 Å². The van der Waals surface area contributed by atoms with Crippen LogP contribution in [0.2, 0.25) is 0 Å². The molecule has 1 unspecified atom stereocenters. The Kier molecular flexibility index (Phi) is 12.1. The molecule has 0 amide bonds. The van der Waals surface area contributed by atoms with E-state index in [2.05, 4.69) is 49.7 Å². The molecule has 4 heterocycles. The van der Waals surface area contributed by atoms with Gasteiger partial charge in [-0.2, -0.15) is 0 Å². The van der Waals surface area contributed by atoms with E-state index in [1.807, 2.05) is 30.6 Å². The Morgan fingerprint density at radius 2 is 1.87 bits per heavy atom. The number of esters is 1. The number of aromatic nitrogens is 4. The molecule has 2 aliphatic rings. The summed E-state index contributed by atoms with van der Waals surface area (Å²) in [5.74, 6) is 3.31. The van der Waals surface area contributed by atoms with Gasteiger partial charge in [0.05, 0.1) is 19.8 Å². The van der Waals surface area contributed by atoms with E-state index in [1.54, 1.807) is 20.2 Å². The highest BCUT2D eigenvalue weighted by molar-refractivity contribution is 5.71. The predicted octanol–water partition coefficient (Wildman–Crippen LogP) is 4.46. The first-order valence-electron chi connectivity index (χ1n) is 17.0. The van der Waals surface area contributed by atoms with Gasteiger partial charge in [0.2, 0.25) is 0 Å². The van der Waals surface area contributed by atoms with Gasteiger partial charge in [0.15, 0.2) is 18.1 Å². The number of rotatable bonds is 17. The lowest BCUT2D eigenvalue weighted by Crippen LogP contribution is -2.42. The van der Waals surface area contributed by atoms with Gasteiger partial charge in [-0.15, -0.1) is 0 Å². The van der Waals surface area contributed by atoms with Gasteiger partial charge in [0.25, 0.3) is 0 Å². The van der Waals surface area contributed by atoms with Crippen LogP contribution in [-0.2, 0) is 29.0 Å². The van der Waals surface area contributed by atoms with Crippen LogP contribution in [0.3, 0.4) is 0 Å². The van der Waals surface area contributed by atoms with E-state index in [-0.39, 0.29) is 12.6 Å². The minimum absolute atomic E-state index is 0.0572. The topological polar surface area (TPSA) is 110 Å². The summed E-state index contributed by atoms with van der Waals surface area (Å²) in [7, 11) is 1.59. The third kappa shape index (κ3) is 9.33. The number of carbonyl (C=O) groups excluding carboxylic acids is 1. The fourth-order valence-electron chi connectivity index (χ4n) is 7.02. The number of methoxy groups -OCH3 is 1. The van der Waals surface area contributed by atoms with Crippen molar-refractivity contribution in [1.82, 2.24) is 34.6 Å². The maximum absolute atomic E-state index is 11.9. The van der Waals surface area contributed by atoms with Crippen molar-refractivity contribution in [2.45, 2.75) is 72.0 Å². The van der Waals surface area contributed by atoms with E-state index < -0.39 is 5.97 Å². The Balaban J connectivity index is 1.17. The van der Waals surface area contributed by atoms with Crippen LogP contribution in [0.1, 0.15) is 69.7 Å².